The van der Waals surface area contributed by atoms with Crippen molar-refractivity contribution < 1.29 is 0 Å². The first-order valence-electron chi connectivity index (χ1n) is 8.25. The number of rotatable bonds is 4. The Morgan fingerprint density at radius 2 is 1.55 bits per heavy atom. The molecule has 2 aliphatic rings. The van der Waals surface area contributed by atoms with Gasteiger partial charge in [0.15, 0.2) is 0 Å². The number of hydrogen-bond acceptors (Lipinski definition) is 2. The van der Waals surface area contributed by atoms with Gasteiger partial charge in [0.2, 0.25) is 0 Å². The van der Waals surface area contributed by atoms with Gasteiger partial charge < -0.3 is 11.1 Å². The van der Waals surface area contributed by atoms with Crippen molar-refractivity contribution in [2.75, 3.05) is 6.54 Å². The van der Waals surface area contributed by atoms with Crippen LogP contribution in [0, 0.1) is 5.41 Å². The summed E-state index contributed by atoms with van der Waals surface area (Å²) in [5, 5.41) is 3.78. The van der Waals surface area contributed by atoms with Crippen molar-refractivity contribution in [1.82, 2.24) is 5.32 Å². The second-order valence-electron chi connectivity index (χ2n) is 7.03. The fourth-order valence-corrected chi connectivity index (χ4v) is 4.22. The first-order chi connectivity index (χ1) is 9.76. The Balaban J connectivity index is 1.59. The molecule has 2 fully saturated rings. The van der Waals surface area contributed by atoms with Crippen LogP contribution in [0.2, 0.25) is 0 Å². The minimum Gasteiger partial charge on any atom is -0.329 e. The average Bonchev–Trinajstić information content (AvgIpc) is 2.97. The minimum absolute atomic E-state index is 0.184. The molecule has 0 unspecified atom stereocenters. The topological polar surface area (TPSA) is 38.0 Å². The van der Waals surface area contributed by atoms with E-state index in [1.807, 2.05) is 0 Å². The van der Waals surface area contributed by atoms with Crippen LogP contribution in [0.25, 0.3) is 0 Å². The fraction of sp³-hybridized carbons (Fsp3) is 0.667. The molecule has 110 valence electrons. The van der Waals surface area contributed by atoms with Crippen LogP contribution in [-0.2, 0) is 6.54 Å². The van der Waals surface area contributed by atoms with Crippen molar-refractivity contribution >= 4 is 0 Å². The quantitative estimate of drug-likeness (QED) is 0.878. The Morgan fingerprint density at radius 3 is 2.15 bits per heavy atom. The van der Waals surface area contributed by atoms with Crippen molar-refractivity contribution in [3.63, 3.8) is 0 Å². The monoisotopic (exact) mass is 272 g/mol. The normalized spacial score (nSPS) is 24.1. The van der Waals surface area contributed by atoms with E-state index in [4.69, 9.17) is 5.73 Å². The molecule has 3 N–H and O–H groups in total. The van der Waals surface area contributed by atoms with Gasteiger partial charge in [-0.25, -0.2) is 0 Å². The van der Waals surface area contributed by atoms with Crippen LogP contribution < -0.4 is 11.1 Å². The van der Waals surface area contributed by atoms with Gasteiger partial charge in [-0.2, -0.15) is 0 Å². The first kappa shape index (κ1) is 14.1. The maximum absolute atomic E-state index is 6.13. The molecule has 0 aromatic heterocycles. The Morgan fingerprint density at radius 1 is 0.900 bits per heavy atom. The van der Waals surface area contributed by atoms with Gasteiger partial charge in [-0.1, -0.05) is 43.2 Å². The van der Waals surface area contributed by atoms with E-state index in [2.05, 4.69) is 35.6 Å². The van der Waals surface area contributed by atoms with Crippen molar-refractivity contribution in [2.45, 2.75) is 63.5 Å². The van der Waals surface area contributed by atoms with Gasteiger partial charge in [-0.05, 0) is 49.5 Å². The second kappa shape index (κ2) is 5.87. The molecule has 1 aromatic rings. The Labute approximate surface area is 123 Å². The van der Waals surface area contributed by atoms with Gasteiger partial charge in [0.05, 0.1) is 0 Å². The molecule has 1 spiro atoms. The molecule has 1 aromatic carbocycles. The molecule has 2 saturated carbocycles. The molecule has 0 atom stereocenters. The van der Waals surface area contributed by atoms with Gasteiger partial charge in [0, 0.05) is 18.6 Å². The number of nitrogens with one attached hydrogen (secondary N) is 1. The van der Waals surface area contributed by atoms with Crippen LogP contribution in [0.5, 0.6) is 0 Å². The Kier molecular flexibility index (Phi) is 4.13. The van der Waals surface area contributed by atoms with E-state index in [-0.39, 0.29) is 5.54 Å². The van der Waals surface area contributed by atoms with E-state index < -0.39 is 0 Å². The molecule has 0 aliphatic heterocycles. The van der Waals surface area contributed by atoms with Gasteiger partial charge in [0.25, 0.3) is 0 Å². The van der Waals surface area contributed by atoms with Crippen LogP contribution in [0.3, 0.4) is 0 Å². The zero-order valence-electron chi connectivity index (χ0n) is 12.5. The third kappa shape index (κ3) is 2.91. The SMILES string of the molecule is NCC1(NCc2ccccc2)CCC2(CCCC2)CC1. The summed E-state index contributed by atoms with van der Waals surface area (Å²) in [6, 6.07) is 10.7. The molecular weight excluding hydrogens is 244 g/mol. The predicted molar refractivity (Wildman–Crippen MR) is 84.4 cm³/mol. The van der Waals surface area contributed by atoms with Crippen LogP contribution in [-0.4, -0.2) is 12.1 Å². The van der Waals surface area contributed by atoms with Crippen LogP contribution in [0.1, 0.15) is 56.9 Å². The number of nitrogens with two attached hydrogens (primary N) is 1. The highest BCUT2D eigenvalue weighted by Crippen LogP contribution is 2.51. The van der Waals surface area contributed by atoms with Gasteiger partial charge in [-0.3, -0.25) is 0 Å². The largest absolute Gasteiger partial charge is 0.329 e. The molecule has 3 rings (SSSR count). The lowest BCUT2D eigenvalue weighted by Gasteiger charge is -2.45. The maximum Gasteiger partial charge on any atom is 0.0307 e. The molecule has 0 radical (unpaired) electrons. The summed E-state index contributed by atoms with van der Waals surface area (Å²) in [6.07, 6.45) is 11.1. The first-order valence-corrected chi connectivity index (χ1v) is 8.25. The molecule has 20 heavy (non-hydrogen) atoms. The summed E-state index contributed by atoms with van der Waals surface area (Å²) < 4.78 is 0. The van der Waals surface area contributed by atoms with E-state index in [0.29, 0.717) is 5.41 Å². The predicted octanol–water partition coefficient (Wildman–Crippen LogP) is 3.61. The average molecular weight is 272 g/mol. The third-order valence-electron chi connectivity index (χ3n) is 5.83. The Hall–Kier alpha value is -0.860. The third-order valence-corrected chi connectivity index (χ3v) is 5.83. The highest BCUT2D eigenvalue weighted by atomic mass is 15.0. The van der Waals surface area contributed by atoms with Crippen molar-refractivity contribution in [3.05, 3.63) is 35.9 Å². The highest BCUT2D eigenvalue weighted by molar-refractivity contribution is 5.15. The van der Waals surface area contributed by atoms with Gasteiger partial charge in [0.1, 0.15) is 0 Å². The van der Waals surface area contributed by atoms with Crippen molar-refractivity contribution in [1.29, 1.82) is 0 Å². The summed E-state index contributed by atoms with van der Waals surface area (Å²) in [6.45, 7) is 1.72. The number of hydrogen-bond donors (Lipinski definition) is 2. The molecule has 2 aliphatic carbocycles. The van der Waals surface area contributed by atoms with Crippen LogP contribution in [0.15, 0.2) is 30.3 Å². The summed E-state index contributed by atoms with van der Waals surface area (Å²) in [5.41, 5.74) is 8.36. The molecule has 0 saturated heterocycles. The van der Waals surface area contributed by atoms with Crippen LogP contribution in [0.4, 0.5) is 0 Å². The fourth-order valence-electron chi connectivity index (χ4n) is 4.22. The smallest absolute Gasteiger partial charge is 0.0307 e. The van der Waals surface area contributed by atoms with E-state index in [9.17, 15) is 0 Å². The second-order valence-corrected chi connectivity index (χ2v) is 7.03. The Bertz CT molecular complexity index is 410. The van der Waals surface area contributed by atoms with E-state index in [1.165, 1.54) is 56.9 Å². The van der Waals surface area contributed by atoms with E-state index in [1.54, 1.807) is 0 Å². The minimum atomic E-state index is 0.184. The molecule has 2 nitrogen and oxygen atoms in total. The molecular formula is C18H28N2. The lowest BCUT2D eigenvalue weighted by Crippen LogP contribution is -2.54. The lowest BCUT2D eigenvalue weighted by atomic mass is 9.66. The number of benzene rings is 1. The molecule has 0 amide bonds. The molecule has 0 bridgehead atoms. The van der Waals surface area contributed by atoms with Gasteiger partial charge >= 0.3 is 0 Å². The van der Waals surface area contributed by atoms with Gasteiger partial charge in [-0.15, -0.1) is 0 Å². The summed E-state index contributed by atoms with van der Waals surface area (Å²) >= 11 is 0. The van der Waals surface area contributed by atoms with Crippen molar-refractivity contribution in [3.8, 4) is 0 Å². The standard InChI is InChI=1S/C18H28N2/c19-15-18(20-14-16-6-2-1-3-7-16)12-10-17(11-13-18)8-4-5-9-17/h1-3,6-7,20H,4-5,8-15,19H2. The maximum atomic E-state index is 6.13. The van der Waals surface area contributed by atoms with E-state index >= 15 is 0 Å². The molecule has 0 heterocycles. The summed E-state index contributed by atoms with van der Waals surface area (Å²) in [4.78, 5) is 0. The summed E-state index contributed by atoms with van der Waals surface area (Å²) in [5.74, 6) is 0. The zero-order valence-corrected chi connectivity index (χ0v) is 12.5. The van der Waals surface area contributed by atoms with Crippen molar-refractivity contribution in [2.24, 2.45) is 11.1 Å². The van der Waals surface area contributed by atoms with Crippen LogP contribution >= 0.6 is 0 Å². The molecule has 2 heteroatoms. The summed E-state index contributed by atoms with van der Waals surface area (Å²) in [7, 11) is 0. The highest BCUT2D eigenvalue weighted by Gasteiger charge is 2.42. The zero-order chi connectivity index (χ0) is 13.9. The van der Waals surface area contributed by atoms with E-state index in [0.717, 1.165) is 13.1 Å². The lowest BCUT2D eigenvalue weighted by molar-refractivity contribution is 0.113.